The molecule has 3 rings (SSSR count). The van der Waals surface area contributed by atoms with Crippen molar-refractivity contribution in [2.45, 2.75) is 32.6 Å². The molecule has 4 heteroatoms. The lowest BCUT2D eigenvalue weighted by molar-refractivity contribution is 0.415. The predicted molar refractivity (Wildman–Crippen MR) is 84.9 cm³/mol. The van der Waals surface area contributed by atoms with Crippen molar-refractivity contribution in [2.24, 2.45) is 0 Å². The average Bonchev–Trinajstić information content (AvgIpc) is 3.34. The van der Waals surface area contributed by atoms with Crippen molar-refractivity contribution in [3.63, 3.8) is 0 Å². The zero-order valence-electron chi connectivity index (χ0n) is 12.8. The number of hydrogen-bond donors (Lipinski definition) is 1. The third-order valence-corrected chi connectivity index (χ3v) is 3.79. The minimum absolute atomic E-state index is 0.535. The topological polar surface area (TPSA) is 47.0 Å². The Morgan fingerprint density at radius 2 is 2.10 bits per heavy atom. The third kappa shape index (κ3) is 2.84. The van der Waals surface area contributed by atoms with Crippen LogP contribution in [0.15, 0.2) is 24.3 Å². The Hall–Kier alpha value is -2.10. The number of benzene rings is 1. The summed E-state index contributed by atoms with van der Waals surface area (Å²) in [4.78, 5) is 9.52. The Morgan fingerprint density at radius 3 is 2.76 bits per heavy atom. The van der Waals surface area contributed by atoms with Crippen LogP contribution in [-0.4, -0.2) is 23.6 Å². The van der Waals surface area contributed by atoms with Gasteiger partial charge in [0.2, 0.25) is 0 Å². The molecule has 1 aliphatic rings. The van der Waals surface area contributed by atoms with Crippen LogP contribution in [-0.2, 0) is 0 Å². The quantitative estimate of drug-likeness (QED) is 0.907. The molecule has 1 heterocycles. The van der Waals surface area contributed by atoms with Gasteiger partial charge in [-0.05, 0) is 38.8 Å². The number of anilines is 1. The van der Waals surface area contributed by atoms with E-state index in [1.165, 1.54) is 12.8 Å². The highest BCUT2D eigenvalue weighted by Crippen LogP contribution is 2.40. The molecule has 1 aromatic heterocycles. The summed E-state index contributed by atoms with van der Waals surface area (Å²) in [5.41, 5.74) is 3.17. The van der Waals surface area contributed by atoms with Crippen molar-refractivity contribution in [3.8, 4) is 17.0 Å². The molecule has 0 atom stereocenters. The first-order chi connectivity index (χ1) is 10.2. The fourth-order valence-electron chi connectivity index (χ4n) is 2.45. The molecule has 1 fully saturated rings. The number of nitrogens with one attached hydrogen (secondary N) is 1. The van der Waals surface area contributed by atoms with Crippen molar-refractivity contribution < 1.29 is 4.74 Å². The lowest BCUT2D eigenvalue weighted by Gasteiger charge is -2.14. The number of ether oxygens (including phenoxy) is 1. The number of methoxy groups -OCH3 is 1. The maximum Gasteiger partial charge on any atom is 0.134 e. The fraction of sp³-hybridized carbons (Fsp3) is 0.412. The van der Waals surface area contributed by atoms with E-state index in [1.807, 2.05) is 18.2 Å². The Bertz CT molecular complexity index is 650. The summed E-state index contributed by atoms with van der Waals surface area (Å²) in [6, 6.07) is 8.05. The van der Waals surface area contributed by atoms with Crippen molar-refractivity contribution in [2.75, 3.05) is 19.0 Å². The van der Waals surface area contributed by atoms with Gasteiger partial charge in [0.05, 0.1) is 12.8 Å². The molecule has 0 bridgehead atoms. The molecular weight excluding hydrogens is 262 g/mol. The summed E-state index contributed by atoms with van der Waals surface area (Å²) >= 11 is 0. The van der Waals surface area contributed by atoms with E-state index < -0.39 is 0 Å². The largest absolute Gasteiger partial charge is 0.497 e. The highest BCUT2D eigenvalue weighted by atomic mass is 16.5. The van der Waals surface area contributed by atoms with Crippen molar-refractivity contribution in [3.05, 3.63) is 35.7 Å². The van der Waals surface area contributed by atoms with Crippen LogP contribution in [0.2, 0.25) is 0 Å². The molecule has 4 nitrogen and oxygen atoms in total. The zero-order valence-corrected chi connectivity index (χ0v) is 12.8. The molecule has 110 valence electrons. The summed E-state index contributed by atoms with van der Waals surface area (Å²) in [6.07, 6.45) is 2.40. The van der Waals surface area contributed by atoms with Crippen LogP contribution in [0.3, 0.4) is 0 Å². The number of nitrogens with zero attached hydrogens (tertiary/aromatic N) is 2. The van der Waals surface area contributed by atoms with E-state index in [9.17, 15) is 0 Å². The van der Waals surface area contributed by atoms with Gasteiger partial charge < -0.3 is 10.1 Å². The third-order valence-electron chi connectivity index (χ3n) is 3.79. The van der Waals surface area contributed by atoms with E-state index in [4.69, 9.17) is 14.7 Å². The Labute approximate surface area is 125 Å². The van der Waals surface area contributed by atoms with Crippen LogP contribution >= 0.6 is 0 Å². The molecule has 0 spiro atoms. The Balaban J connectivity index is 2.10. The molecule has 1 N–H and O–H groups in total. The molecule has 2 aromatic rings. The molecule has 1 aliphatic carbocycles. The van der Waals surface area contributed by atoms with E-state index >= 15 is 0 Å². The summed E-state index contributed by atoms with van der Waals surface area (Å²) in [7, 11) is 1.69. The molecule has 0 radical (unpaired) electrons. The summed E-state index contributed by atoms with van der Waals surface area (Å²) in [6.45, 7) is 5.02. The normalized spacial score (nSPS) is 14.0. The molecule has 1 saturated carbocycles. The van der Waals surface area contributed by atoms with E-state index in [2.05, 4.69) is 25.2 Å². The standard InChI is InChI=1S/C17H21N3O/c1-4-18-16-11(2)15(19-17(20-16)12-8-9-12)13-6-5-7-14(10-13)21-3/h5-7,10,12H,4,8-9H2,1-3H3,(H,18,19,20). The van der Waals surface area contributed by atoms with Crippen molar-refractivity contribution in [1.82, 2.24) is 9.97 Å². The van der Waals surface area contributed by atoms with Gasteiger partial charge in [-0.3, -0.25) is 0 Å². The molecule has 0 unspecified atom stereocenters. The zero-order chi connectivity index (χ0) is 14.8. The maximum absolute atomic E-state index is 5.32. The molecule has 0 aliphatic heterocycles. The predicted octanol–water partition coefficient (Wildman–Crippen LogP) is 3.77. The Morgan fingerprint density at radius 1 is 1.29 bits per heavy atom. The highest BCUT2D eigenvalue weighted by Gasteiger charge is 2.28. The van der Waals surface area contributed by atoms with Crippen LogP contribution in [0.5, 0.6) is 5.75 Å². The molecule has 1 aromatic carbocycles. The lowest BCUT2D eigenvalue weighted by Crippen LogP contribution is -2.07. The molecule has 0 amide bonds. The van der Waals surface area contributed by atoms with Gasteiger partial charge in [-0.1, -0.05) is 12.1 Å². The molecular formula is C17H21N3O. The summed E-state index contributed by atoms with van der Waals surface area (Å²) in [5.74, 6) is 3.30. The molecule has 21 heavy (non-hydrogen) atoms. The monoisotopic (exact) mass is 283 g/mol. The average molecular weight is 283 g/mol. The number of aromatic nitrogens is 2. The van der Waals surface area contributed by atoms with Crippen LogP contribution in [0, 0.1) is 6.92 Å². The van der Waals surface area contributed by atoms with Gasteiger partial charge in [0.25, 0.3) is 0 Å². The van der Waals surface area contributed by atoms with Gasteiger partial charge >= 0.3 is 0 Å². The second-order valence-electron chi connectivity index (χ2n) is 5.44. The highest BCUT2D eigenvalue weighted by molar-refractivity contribution is 5.69. The van der Waals surface area contributed by atoms with Gasteiger partial charge in [-0.25, -0.2) is 9.97 Å². The number of rotatable bonds is 5. The summed E-state index contributed by atoms with van der Waals surface area (Å²) in [5, 5.41) is 3.36. The Kier molecular flexibility index (Phi) is 3.78. The summed E-state index contributed by atoms with van der Waals surface area (Å²) < 4.78 is 5.32. The second kappa shape index (κ2) is 5.72. The van der Waals surface area contributed by atoms with Gasteiger partial charge in [0.1, 0.15) is 17.4 Å². The maximum atomic E-state index is 5.32. The minimum atomic E-state index is 0.535. The van der Waals surface area contributed by atoms with Gasteiger partial charge in [0.15, 0.2) is 0 Å². The van der Waals surface area contributed by atoms with Crippen LogP contribution in [0.1, 0.15) is 37.1 Å². The van der Waals surface area contributed by atoms with Crippen LogP contribution in [0.25, 0.3) is 11.3 Å². The first kappa shape index (κ1) is 13.9. The lowest BCUT2D eigenvalue weighted by atomic mass is 10.1. The van der Waals surface area contributed by atoms with Crippen molar-refractivity contribution >= 4 is 5.82 Å². The van der Waals surface area contributed by atoms with E-state index in [1.54, 1.807) is 7.11 Å². The van der Waals surface area contributed by atoms with E-state index in [0.29, 0.717) is 5.92 Å². The van der Waals surface area contributed by atoms with Gasteiger partial charge in [-0.2, -0.15) is 0 Å². The van der Waals surface area contributed by atoms with Gasteiger partial charge in [0, 0.05) is 23.6 Å². The molecule has 0 saturated heterocycles. The first-order valence-corrected chi connectivity index (χ1v) is 7.49. The van der Waals surface area contributed by atoms with E-state index in [0.717, 1.165) is 40.8 Å². The fourth-order valence-corrected chi connectivity index (χ4v) is 2.45. The second-order valence-corrected chi connectivity index (χ2v) is 5.44. The smallest absolute Gasteiger partial charge is 0.134 e. The van der Waals surface area contributed by atoms with E-state index in [-0.39, 0.29) is 0 Å². The van der Waals surface area contributed by atoms with Crippen LogP contribution < -0.4 is 10.1 Å². The SMILES string of the molecule is CCNc1nc(C2CC2)nc(-c2cccc(OC)c2)c1C. The van der Waals surface area contributed by atoms with Gasteiger partial charge in [-0.15, -0.1) is 0 Å². The van der Waals surface area contributed by atoms with Crippen molar-refractivity contribution in [1.29, 1.82) is 0 Å². The number of hydrogen-bond acceptors (Lipinski definition) is 4. The first-order valence-electron chi connectivity index (χ1n) is 7.49. The van der Waals surface area contributed by atoms with Crippen LogP contribution in [0.4, 0.5) is 5.82 Å². The minimum Gasteiger partial charge on any atom is -0.497 e.